The summed E-state index contributed by atoms with van der Waals surface area (Å²) in [6, 6.07) is 6.99. The Kier molecular flexibility index (Phi) is 8.67. The molecule has 2 rings (SSSR count). The van der Waals surface area contributed by atoms with Gasteiger partial charge in [-0.15, -0.1) is 0 Å². The van der Waals surface area contributed by atoms with E-state index in [1.54, 1.807) is 24.3 Å². The van der Waals surface area contributed by atoms with Crippen LogP contribution >= 0.6 is 0 Å². The zero-order valence-corrected chi connectivity index (χ0v) is 19.0. The Balaban J connectivity index is 2.17. The van der Waals surface area contributed by atoms with E-state index in [4.69, 9.17) is 0 Å². The van der Waals surface area contributed by atoms with Crippen LogP contribution in [0.1, 0.15) is 68.9 Å². The summed E-state index contributed by atoms with van der Waals surface area (Å²) in [6.45, 7) is 2.03. The average molecular weight is 548 g/mol. The summed E-state index contributed by atoms with van der Waals surface area (Å²) < 4.78 is 174. The van der Waals surface area contributed by atoms with Gasteiger partial charge in [-0.1, -0.05) is 44.0 Å². The SMILES string of the molecule is CCCCCc1ccc(C2CCC(C(F)(F)C(F)(F)C(F)(F)C(F)(F)C(F)(F)C(F)(F)F)CC2)cc1. The van der Waals surface area contributed by atoms with Gasteiger partial charge in [-0.3, -0.25) is 0 Å². The number of aryl methyl sites for hydroxylation is 1. The van der Waals surface area contributed by atoms with Gasteiger partial charge >= 0.3 is 35.8 Å². The Morgan fingerprint density at radius 2 is 1.08 bits per heavy atom. The maximum Gasteiger partial charge on any atom is 0.460 e. The standard InChI is InChI=1S/C23H25F13/c1-2-3-4-5-14-6-8-15(9-7-14)16-10-12-17(13-11-16)18(24,25)19(26,27)20(28,29)21(30,31)22(32,33)23(34,35)36/h6-9,16-17H,2-5,10-13H2,1H3. The molecule has 0 spiro atoms. The second-order valence-corrected chi connectivity index (χ2v) is 9.17. The largest absolute Gasteiger partial charge is 0.460 e. The highest BCUT2D eigenvalue weighted by atomic mass is 19.4. The molecular formula is C23H25F13. The van der Waals surface area contributed by atoms with Crippen molar-refractivity contribution in [2.75, 3.05) is 0 Å². The van der Waals surface area contributed by atoms with Gasteiger partial charge in [0.25, 0.3) is 0 Å². The van der Waals surface area contributed by atoms with Crippen LogP contribution in [-0.2, 0) is 6.42 Å². The van der Waals surface area contributed by atoms with Gasteiger partial charge in [-0.2, -0.15) is 57.1 Å². The lowest BCUT2D eigenvalue weighted by atomic mass is 9.74. The smallest absolute Gasteiger partial charge is 0.199 e. The lowest BCUT2D eigenvalue weighted by molar-refractivity contribution is -0.443. The molecule has 0 aliphatic heterocycles. The lowest BCUT2D eigenvalue weighted by Gasteiger charge is -2.43. The molecule has 208 valence electrons. The molecule has 13 heteroatoms. The zero-order valence-electron chi connectivity index (χ0n) is 19.0. The summed E-state index contributed by atoms with van der Waals surface area (Å²) in [6.07, 6.45) is -5.79. The molecule has 0 saturated heterocycles. The van der Waals surface area contributed by atoms with Gasteiger partial charge in [-0.25, -0.2) is 0 Å². The van der Waals surface area contributed by atoms with Gasteiger partial charge in [0.2, 0.25) is 0 Å². The van der Waals surface area contributed by atoms with Crippen LogP contribution < -0.4 is 0 Å². The Labute approximate surface area is 199 Å². The number of unbranched alkanes of at least 4 members (excludes halogenated alkanes) is 2. The van der Waals surface area contributed by atoms with E-state index >= 15 is 0 Å². The van der Waals surface area contributed by atoms with Crippen molar-refractivity contribution in [2.24, 2.45) is 5.92 Å². The second-order valence-electron chi connectivity index (χ2n) is 9.17. The van der Waals surface area contributed by atoms with Gasteiger partial charge in [-0.05, 0) is 55.6 Å². The van der Waals surface area contributed by atoms with Crippen LogP contribution in [0.5, 0.6) is 0 Å². The average Bonchev–Trinajstić information content (AvgIpc) is 2.78. The normalized spacial score (nSPS) is 21.1. The third-order valence-electron chi connectivity index (χ3n) is 6.72. The summed E-state index contributed by atoms with van der Waals surface area (Å²) in [5, 5.41) is 0. The highest BCUT2D eigenvalue weighted by molar-refractivity contribution is 5.26. The van der Waals surface area contributed by atoms with Crippen molar-refractivity contribution in [1.29, 1.82) is 0 Å². The van der Waals surface area contributed by atoms with E-state index in [1.165, 1.54) is 0 Å². The molecule has 0 radical (unpaired) electrons. The van der Waals surface area contributed by atoms with Gasteiger partial charge in [0.05, 0.1) is 0 Å². The van der Waals surface area contributed by atoms with E-state index in [9.17, 15) is 57.1 Å². The minimum absolute atomic E-state index is 0.230. The van der Waals surface area contributed by atoms with Crippen LogP contribution in [-0.4, -0.2) is 35.8 Å². The number of benzene rings is 1. The minimum atomic E-state index is -7.85. The predicted molar refractivity (Wildman–Crippen MR) is 105 cm³/mol. The first kappa shape index (κ1) is 30.5. The van der Waals surface area contributed by atoms with Crippen molar-refractivity contribution in [1.82, 2.24) is 0 Å². The fourth-order valence-electron chi connectivity index (χ4n) is 4.36. The minimum Gasteiger partial charge on any atom is -0.199 e. The quantitative estimate of drug-likeness (QED) is 0.202. The first-order valence-corrected chi connectivity index (χ1v) is 11.3. The summed E-state index contributed by atoms with van der Waals surface area (Å²) in [7, 11) is 0. The summed E-state index contributed by atoms with van der Waals surface area (Å²) in [5.41, 5.74) is 1.66. The highest BCUT2D eigenvalue weighted by Crippen LogP contribution is 2.62. The fraction of sp³-hybridized carbons (Fsp3) is 0.739. The molecule has 0 unspecified atom stereocenters. The number of halogens is 13. The molecule has 0 heterocycles. The molecule has 36 heavy (non-hydrogen) atoms. The molecule has 1 aliphatic carbocycles. The van der Waals surface area contributed by atoms with Crippen molar-refractivity contribution < 1.29 is 57.1 Å². The third-order valence-corrected chi connectivity index (χ3v) is 6.72. The van der Waals surface area contributed by atoms with E-state index < -0.39 is 60.5 Å². The first-order chi connectivity index (χ1) is 16.3. The number of alkyl halides is 13. The zero-order chi connectivity index (χ0) is 27.8. The molecule has 0 aromatic heterocycles. The highest BCUT2D eigenvalue weighted by Gasteiger charge is 2.91. The van der Waals surface area contributed by atoms with E-state index in [2.05, 4.69) is 0 Å². The van der Waals surface area contributed by atoms with Crippen molar-refractivity contribution in [3.8, 4) is 0 Å². The van der Waals surface area contributed by atoms with Gasteiger partial charge in [0, 0.05) is 5.92 Å². The molecule has 1 aliphatic rings. The number of rotatable bonds is 10. The number of hydrogen-bond acceptors (Lipinski definition) is 0. The fourth-order valence-corrected chi connectivity index (χ4v) is 4.36. The van der Waals surface area contributed by atoms with Crippen molar-refractivity contribution in [3.05, 3.63) is 35.4 Å². The molecular weight excluding hydrogens is 523 g/mol. The van der Waals surface area contributed by atoms with Crippen LogP contribution in [0.2, 0.25) is 0 Å². The maximum absolute atomic E-state index is 14.4. The molecule has 0 amide bonds. The summed E-state index contributed by atoms with van der Waals surface area (Å²) in [4.78, 5) is 0. The third kappa shape index (κ3) is 5.16. The molecule has 0 N–H and O–H groups in total. The Morgan fingerprint density at radius 3 is 1.53 bits per heavy atom. The van der Waals surface area contributed by atoms with Crippen LogP contribution in [0.3, 0.4) is 0 Å². The Morgan fingerprint density at radius 1 is 0.611 bits per heavy atom. The Hall–Kier alpha value is -1.69. The van der Waals surface area contributed by atoms with Crippen molar-refractivity contribution in [2.45, 2.75) is 100.0 Å². The van der Waals surface area contributed by atoms with Crippen molar-refractivity contribution >= 4 is 0 Å². The van der Waals surface area contributed by atoms with Crippen molar-refractivity contribution in [3.63, 3.8) is 0 Å². The number of hydrogen-bond donors (Lipinski definition) is 0. The van der Waals surface area contributed by atoms with E-state index in [0.717, 1.165) is 31.2 Å². The van der Waals surface area contributed by atoms with Gasteiger partial charge in [0.15, 0.2) is 0 Å². The second kappa shape index (κ2) is 10.2. The monoisotopic (exact) mass is 548 g/mol. The van der Waals surface area contributed by atoms with Crippen LogP contribution in [0.25, 0.3) is 0 Å². The summed E-state index contributed by atoms with van der Waals surface area (Å²) in [5.74, 6) is -39.5. The Bertz CT molecular complexity index is 848. The van der Waals surface area contributed by atoms with Crippen LogP contribution in [0, 0.1) is 5.92 Å². The molecule has 1 fully saturated rings. The summed E-state index contributed by atoms with van der Waals surface area (Å²) >= 11 is 0. The lowest BCUT2D eigenvalue weighted by Crippen LogP contribution is -2.71. The molecule has 1 aromatic rings. The molecule has 0 nitrogen and oxygen atoms in total. The van der Waals surface area contributed by atoms with E-state index in [-0.39, 0.29) is 12.8 Å². The van der Waals surface area contributed by atoms with E-state index in [1.807, 2.05) is 6.92 Å². The van der Waals surface area contributed by atoms with Gasteiger partial charge in [0.1, 0.15) is 0 Å². The molecule has 1 saturated carbocycles. The van der Waals surface area contributed by atoms with Gasteiger partial charge < -0.3 is 0 Å². The molecule has 0 atom stereocenters. The molecule has 1 aromatic carbocycles. The predicted octanol–water partition coefficient (Wildman–Crippen LogP) is 9.43. The topological polar surface area (TPSA) is 0 Å². The molecule has 0 bridgehead atoms. The van der Waals surface area contributed by atoms with E-state index in [0.29, 0.717) is 5.56 Å². The first-order valence-electron chi connectivity index (χ1n) is 11.3. The maximum atomic E-state index is 14.4. The van der Waals surface area contributed by atoms with Crippen LogP contribution in [0.15, 0.2) is 24.3 Å². The van der Waals surface area contributed by atoms with Crippen LogP contribution in [0.4, 0.5) is 57.1 Å².